The average Bonchev–Trinajstić information content (AvgIpc) is 2.60. The fraction of sp³-hybridized carbons (Fsp3) is 0.105. The third-order valence-electron chi connectivity index (χ3n) is 3.52. The van der Waals surface area contributed by atoms with Gasteiger partial charge in [0.2, 0.25) is 0 Å². The number of ether oxygens (including phenoxy) is 1. The summed E-state index contributed by atoms with van der Waals surface area (Å²) in [6.07, 6.45) is 1.34. The van der Waals surface area contributed by atoms with E-state index >= 15 is 0 Å². The molecule has 0 atom stereocenters. The van der Waals surface area contributed by atoms with Gasteiger partial charge in [-0.05, 0) is 17.2 Å². The van der Waals surface area contributed by atoms with E-state index in [2.05, 4.69) is 13.2 Å². The summed E-state index contributed by atoms with van der Waals surface area (Å²) in [4.78, 5) is 12.0. The van der Waals surface area contributed by atoms with E-state index in [0.29, 0.717) is 16.7 Å². The molecule has 0 aliphatic rings. The minimum absolute atomic E-state index is 0.104. The maximum absolute atomic E-state index is 12.6. The number of rotatable bonds is 6. The molecule has 0 unspecified atom stereocenters. The smallest absolute Gasteiger partial charge is 0.337 e. The molecule has 24 heavy (non-hydrogen) atoms. The van der Waals surface area contributed by atoms with E-state index in [0.717, 1.165) is 0 Å². The average molecular weight is 342 g/mol. The summed E-state index contributed by atoms with van der Waals surface area (Å²) in [5.41, 5.74) is 1.65. The molecule has 2 rings (SSSR count). The zero-order chi connectivity index (χ0) is 17.7. The summed E-state index contributed by atoms with van der Waals surface area (Å²) in [5.74, 6) is -0.800. The molecule has 0 fully saturated rings. The molecule has 0 saturated heterocycles. The number of sulfone groups is 1. The van der Waals surface area contributed by atoms with Crippen molar-refractivity contribution in [2.75, 3.05) is 12.9 Å². The molecule has 0 radical (unpaired) electrons. The highest BCUT2D eigenvalue weighted by molar-refractivity contribution is 7.91. The monoisotopic (exact) mass is 342 g/mol. The van der Waals surface area contributed by atoms with Crippen LogP contribution in [-0.4, -0.2) is 27.2 Å². The lowest BCUT2D eigenvalue weighted by Crippen LogP contribution is -2.10. The lowest BCUT2D eigenvalue weighted by atomic mass is 9.95. The standard InChI is InChI=1S/C19H18O4S/c1-4-13-24(21,22)17-12-8-11-16(14(2)19(20)23-3)18(17)15-9-6-5-7-10-15/h4-12H,1-2,13H2,3H3. The van der Waals surface area contributed by atoms with Crippen LogP contribution >= 0.6 is 0 Å². The van der Waals surface area contributed by atoms with Gasteiger partial charge in [0.1, 0.15) is 0 Å². The van der Waals surface area contributed by atoms with E-state index < -0.39 is 15.8 Å². The predicted octanol–water partition coefficient (Wildman–Crippen LogP) is 3.50. The first-order valence-corrected chi connectivity index (χ1v) is 8.87. The molecule has 0 spiro atoms. The highest BCUT2D eigenvalue weighted by atomic mass is 32.2. The lowest BCUT2D eigenvalue weighted by molar-refractivity contribution is -0.133. The van der Waals surface area contributed by atoms with Crippen molar-refractivity contribution in [3.63, 3.8) is 0 Å². The number of methoxy groups -OCH3 is 1. The Morgan fingerprint density at radius 1 is 1.12 bits per heavy atom. The van der Waals surface area contributed by atoms with E-state index in [1.165, 1.54) is 19.3 Å². The largest absolute Gasteiger partial charge is 0.465 e. The highest BCUT2D eigenvalue weighted by Crippen LogP contribution is 2.35. The van der Waals surface area contributed by atoms with Crippen LogP contribution < -0.4 is 0 Å². The predicted molar refractivity (Wildman–Crippen MR) is 95.2 cm³/mol. The van der Waals surface area contributed by atoms with Gasteiger partial charge in [-0.2, -0.15) is 0 Å². The Hall–Kier alpha value is -2.66. The van der Waals surface area contributed by atoms with Crippen LogP contribution in [0.4, 0.5) is 0 Å². The second-order valence-corrected chi connectivity index (χ2v) is 7.09. The number of hydrogen-bond donors (Lipinski definition) is 0. The van der Waals surface area contributed by atoms with Crippen LogP contribution in [0.25, 0.3) is 16.7 Å². The highest BCUT2D eigenvalue weighted by Gasteiger charge is 2.23. The molecule has 0 saturated carbocycles. The van der Waals surface area contributed by atoms with Crippen molar-refractivity contribution in [1.82, 2.24) is 0 Å². The Balaban J connectivity index is 2.81. The molecule has 124 valence electrons. The van der Waals surface area contributed by atoms with Crippen LogP contribution in [0.15, 0.2) is 72.7 Å². The van der Waals surface area contributed by atoms with Crippen molar-refractivity contribution in [2.45, 2.75) is 4.90 Å². The Bertz CT molecular complexity index is 881. The number of esters is 1. The van der Waals surface area contributed by atoms with Crippen molar-refractivity contribution in [2.24, 2.45) is 0 Å². The second-order valence-electron chi connectivity index (χ2n) is 5.08. The van der Waals surface area contributed by atoms with Gasteiger partial charge in [0.25, 0.3) is 0 Å². The van der Waals surface area contributed by atoms with Gasteiger partial charge in [-0.15, -0.1) is 6.58 Å². The maximum Gasteiger partial charge on any atom is 0.337 e. The third kappa shape index (κ3) is 3.46. The SMILES string of the molecule is C=CCS(=O)(=O)c1cccc(C(=C)C(=O)OC)c1-c1ccccc1. The first-order chi connectivity index (χ1) is 11.4. The number of hydrogen-bond acceptors (Lipinski definition) is 4. The van der Waals surface area contributed by atoms with Crippen LogP contribution in [0.1, 0.15) is 5.56 Å². The van der Waals surface area contributed by atoms with Gasteiger partial charge >= 0.3 is 5.97 Å². The van der Waals surface area contributed by atoms with Gasteiger partial charge < -0.3 is 4.74 Å². The van der Waals surface area contributed by atoms with Gasteiger partial charge in [0.15, 0.2) is 9.84 Å². The third-order valence-corrected chi connectivity index (χ3v) is 5.20. The first-order valence-electron chi connectivity index (χ1n) is 7.22. The summed E-state index contributed by atoms with van der Waals surface area (Å²) < 4.78 is 30.0. The lowest BCUT2D eigenvalue weighted by Gasteiger charge is -2.16. The summed E-state index contributed by atoms with van der Waals surface area (Å²) in [7, 11) is -2.33. The molecule has 5 heteroatoms. The van der Waals surface area contributed by atoms with E-state index in [1.807, 2.05) is 6.07 Å². The van der Waals surface area contributed by atoms with Crippen LogP contribution in [0.5, 0.6) is 0 Å². The van der Waals surface area contributed by atoms with E-state index in [1.54, 1.807) is 36.4 Å². The normalized spacial score (nSPS) is 10.9. The fourth-order valence-corrected chi connectivity index (χ4v) is 3.74. The minimum atomic E-state index is -3.59. The molecule has 2 aromatic carbocycles. The zero-order valence-corrected chi connectivity index (χ0v) is 14.2. The summed E-state index contributed by atoms with van der Waals surface area (Å²) >= 11 is 0. The van der Waals surface area contributed by atoms with Gasteiger partial charge in [-0.25, -0.2) is 13.2 Å². The second kappa shape index (κ2) is 7.27. The molecular weight excluding hydrogens is 324 g/mol. The van der Waals surface area contributed by atoms with Crippen molar-refractivity contribution in [3.05, 3.63) is 73.3 Å². The molecule has 0 heterocycles. The minimum Gasteiger partial charge on any atom is -0.465 e. The van der Waals surface area contributed by atoms with E-state index in [-0.39, 0.29) is 16.2 Å². The quantitative estimate of drug-likeness (QED) is 0.458. The van der Waals surface area contributed by atoms with Crippen LogP contribution in [0.3, 0.4) is 0 Å². The summed E-state index contributed by atoms with van der Waals surface area (Å²) in [6, 6.07) is 13.8. The molecule has 0 aromatic heterocycles. The molecule has 0 aliphatic heterocycles. The molecular formula is C19H18O4S. The van der Waals surface area contributed by atoms with Crippen molar-refractivity contribution < 1.29 is 17.9 Å². The van der Waals surface area contributed by atoms with Gasteiger partial charge in [-0.3, -0.25) is 0 Å². The van der Waals surface area contributed by atoms with Gasteiger partial charge in [-0.1, -0.05) is 55.1 Å². The Morgan fingerprint density at radius 3 is 2.38 bits per heavy atom. The van der Waals surface area contributed by atoms with Crippen LogP contribution in [0.2, 0.25) is 0 Å². The van der Waals surface area contributed by atoms with Crippen molar-refractivity contribution in [1.29, 1.82) is 0 Å². The number of benzene rings is 2. The molecule has 2 aromatic rings. The van der Waals surface area contributed by atoms with Gasteiger partial charge in [0.05, 0.1) is 23.3 Å². The van der Waals surface area contributed by atoms with Crippen LogP contribution in [0, 0.1) is 0 Å². The molecule has 4 nitrogen and oxygen atoms in total. The Kier molecular flexibility index (Phi) is 5.36. The van der Waals surface area contributed by atoms with E-state index in [9.17, 15) is 13.2 Å². The maximum atomic E-state index is 12.6. The summed E-state index contributed by atoms with van der Waals surface area (Å²) in [6.45, 7) is 7.26. The fourth-order valence-electron chi connectivity index (χ4n) is 2.42. The van der Waals surface area contributed by atoms with E-state index in [4.69, 9.17) is 4.74 Å². The van der Waals surface area contributed by atoms with Gasteiger partial charge in [0, 0.05) is 5.56 Å². The molecule has 0 N–H and O–H groups in total. The first kappa shape index (κ1) is 17.7. The topological polar surface area (TPSA) is 60.4 Å². The Labute approximate surface area is 142 Å². The van der Waals surface area contributed by atoms with Crippen molar-refractivity contribution in [3.8, 4) is 11.1 Å². The molecule has 0 bridgehead atoms. The summed E-state index contributed by atoms with van der Waals surface area (Å²) in [5, 5.41) is 0. The zero-order valence-electron chi connectivity index (χ0n) is 13.4. The Morgan fingerprint density at radius 2 is 1.79 bits per heavy atom. The van der Waals surface area contributed by atoms with Crippen LogP contribution in [-0.2, 0) is 19.4 Å². The number of carbonyl (C=O) groups is 1. The number of carbonyl (C=O) groups excluding carboxylic acids is 1. The molecule has 0 aliphatic carbocycles. The molecule has 0 amide bonds. The van der Waals surface area contributed by atoms with Crippen molar-refractivity contribution >= 4 is 21.4 Å².